The van der Waals surface area contributed by atoms with Gasteiger partial charge in [-0.05, 0) is 102 Å². The van der Waals surface area contributed by atoms with Gasteiger partial charge in [0, 0.05) is 32.2 Å². The molecule has 0 aliphatic carbocycles. The second-order valence-corrected chi connectivity index (χ2v) is 19.3. The van der Waals surface area contributed by atoms with Crippen molar-refractivity contribution in [3.63, 3.8) is 0 Å². The topological polar surface area (TPSA) is 61.2 Å². The second-order valence-electron chi connectivity index (χ2n) is 17.1. The number of aromatic nitrogens is 1. The van der Waals surface area contributed by atoms with E-state index in [9.17, 15) is 5.26 Å². The lowest BCUT2D eigenvalue weighted by Gasteiger charge is -2.34. The minimum atomic E-state index is -1.13. The lowest BCUT2D eigenvalue weighted by Crippen LogP contribution is -2.26. The molecule has 0 fully saturated rings. The van der Waals surface area contributed by atoms with Crippen molar-refractivity contribution in [2.45, 2.75) is 151 Å². The van der Waals surface area contributed by atoms with Gasteiger partial charge in [-0.3, -0.25) is 0 Å². The molecule has 48 heavy (non-hydrogen) atoms. The molecule has 0 radical (unpaired) electrons. The van der Waals surface area contributed by atoms with Gasteiger partial charge in [0.1, 0.15) is 22.6 Å². The lowest BCUT2D eigenvalue weighted by atomic mass is 9.70. The van der Waals surface area contributed by atoms with Crippen LogP contribution in [0.4, 0.5) is 4.39 Å². The smallest absolute Gasteiger partial charge is 0.143 e. The van der Waals surface area contributed by atoms with Crippen LogP contribution >= 0.6 is 50.1 Å². The zero-order valence-electron chi connectivity index (χ0n) is 31.7. The first kappa shape index (κ1) is 40.8. The summed E-state index contributed by atoms with van der Waals surface area (Å²) in [6, 6.07) is 2.41. The number of hydrogen-bond donors (Lipinski definition) is 1. The number of allylic oxidation sites excluding steroid dienone is 2. The average molecular weight is 855 g/mol. The van der Waals surface area contributed by atoms with Crippen LogP contribution in [-0.4, -0.2) is 22.4 Å². The van der Waals surface area contributed by atoms with Crippen molar-refractivity contribution in [1.29, 1.82) is 5.26 Å². The van der Waals surface area contributed by atoms with Crippen LogP contribution in [-0.2, 0) is 28.1 Å². The van der Waals surface area contributed by atoms with Crippen LogP contribution in [0.25, 0.3) is 5.57 Å². The summed E-state index contributed by atoms with van der Waals surface area (Å²) in [5.74, 6) is 0.623. The Morgan fingerprint density at radius 3 is 1.92 bits per heavy atom. The van der Waals surface area contributed by atoms with Crippen molar-refractivity contribution in [2.75, 3.05) is 6.61 Å². The molecule has 0 saturated heterocycles. The zero-order chi connectivity index (χ0) is 36.9. The number of aromatic amines is 1. The molecule has 2 aromatic rings. The second kappa shape index (κ2) is 14.5. The fraction of sp³-hybridized carbons (Fsp3) is 0.600. The number of nitrogens with zero attached hydrogens (tertiary/aromatic N) is 2. The van der Waals surface area contributed by atoms with Gasteiger partial charge in [-0.1, -0.05) is 109 Å². The maximum absolute atomic E-state index is 15.4. The number of alkyl halides is 1. The van der Waals surface area contributed by atoms with Crippen LogP contribution in [0.3, 0.4) is 0 Å². The Morgan fingerprint density at radius 1 is 0.958 bits per heavy atom. The Hall–Kier alpha value is -1.63. The molecule has 1 unspecified atom stereocenters. The molecule has 0 saturated carbocycles. The number of aliphatic imine (C=N–C) groups is 1. The minimum Gasteiger partial charge on any atom is -0.492 e. The molecule has 0 amide bonds. The highest BCUT2D eigenvalue weighted by molar-refractivity contribution is 14.1. The van der Waals surface area contributed by atoms with Crippen molar-refractivity contribution in [3.05, 3.63) is 64.6 Å². The zero-order valence-corrected chi connectivity index (χ0v) is 36.2. The number of hydrogen-bond acceptors (Lipinski definition) is 3. The van der Waals surface area contributed by atoms with E-state index in [4.69, 9.17) is 21.3 Å². The predicted octanol–water partition coefficient (Wildman–Crippen LogP) is 12.9. The molecule has 1 aliphatic heterocycles. The Kier molecular flexibility index (Phi) is 12.4. The van der Waals surface area contributed by atoms with Crippen molar-refractivity contribution < 1.29 is 9.13 Å². The summed E-state index contributed by atoms with van der Waals surface area (Å²) in [7, 11) is 0. The quantitative estimate of drug-likeness (QED) is 0.269. The molecule has 0 spiro atoms. The molecule has 1 aromatic carbocycles. The van der Waals surface area contributed by atoms with Gasteiger partial charge in [-0.25, -0.2) is 9.38 Å². The fourth-order valence-electron chi connectivity index (χ4n) is 6.76. The van der Waals surface area contributed by atoms with E-state index in [-0.39, 0.29) is 22.7 Å². The number of nitrogens with one attached hydrogen (secondary N) is 1. The lowest BCUT2D eigenvalue weighted by molar-refractivity contribution is 0.307. The standard InChI is InChI=1S/C40H55BrClFIN3O/c1-16-18-48-34-27(37(4,5)6)25(23(19-21(3)43)31(44)30(34)42)26(32-22(17-2)24(20-45)36(41)47-32)33-28(38(7,8)9)29(39(10,11)12)35(46-33)40(13,14)15/h21,46H,16-19H2,1-15H3. The van der Waals surface area contributed by atoms with E-state index in [0.717, 1.165) is 49.2 Å². The van der Waals surface area contributed by atoms with Crippen LogP contribution in [0, 0.1) is 14.9 Å². The normalized spacial score (nSPS) is 16.3. The number of nitriles is 1. The first-order chi connectivity index (χ1) is 21.8. The van der Waals surface area contributed by atoms with E-state index in [1.54, 1.807) is 6.92 Å². The van der Waals surface area contributed by atoms with Crippen LogP contribution in [0.15, 0.2) is 21.8 Å². The van der Waals surface area contributed by atoms with E-state index in [0.29, 0.717) is 39.7 Å². The van der Waals surface area contributed by atoms with E-state index in [1.165, 1.54) is 11.1 Å². The highest BCUT2D eigenvalue weighted by Crippen LogP contribution is 2.53. The van der Waals surface area contributed by atoms with Gasteiger partial charge in [-0.2, -0.15) is 5.26 Å². The van der Waals surface area contributed by atoms with Crippen molar-refractivity contribution >= 4 is 60.3 Å². The summed E-state index contributed by atoms with van der Waals surface area (Å²) in [5, 5.41) is 10.9. The van der Waals surface area contributed by atoms with Gasteiger partial charge in [-0.15, -0.1) is 0 Å². The summed E-state index contributed by atoms with van der Waals surface area (Å²) in [6.07, 6.45) is 0.425. The first-order valence-electron chi connectivity index (χ1n) is 17.1. The van der Waals surface area contributed by atoms with Crippen molar-refractivity contribution in [3.8, 4) is 11.8 Å². The number of ether oxygens (including phenoxy) is 1. The summed E-state index contributed by atoms with van der Waals surface area (Å²) in [6.45, 7) is 33.0. The van der Waals surface area contributed by atoms with Gasteiger partial charge in [0.15, 0.2) is 0 Å². The number of halogens is 4. The number of rotatable bonds is 8. The minimum absolute atomic E-state index is 0.159. The Bertz CT molecular complexity index is 1710. The molecule has 2 heterocycles. The molecule has 4 nitrogen and oxygen atoms in total. The van der Waals surface area contributed by atoms with Gasteiger partial charge in [0.25, 0.3) is 0 Å². The van der Waals surface area contributed by atoms with Gasteiger partial charge in [0.2, 0.25) is 0 Å². The van der Waals surface area contributed by atoms with Crippen molar-refractivity contribution in [1.82, 2.24) is 4.98 Å². The Labute approximate surface area is 316 Å². The average Bonchev–Trinajstić information content (AvgIpc) is 3.49. The largest absolute Gasteiger partial charge is 0.492 e. The van der Waals surface area contributed by atoms with Gasteiger partial charge < -0.3 is 9.72 Å². The fourth-order valence-corrected chi connectivity index (χ4v) is 8.26. The van der Waals surface area contributed by atoms with E-state index >= 15 is 4.39 Å². The molecule has 3 rings (SSSR count). The van der Waals surface area contributed by atoms with Crippen LogP contribution in [0.5, 0.6) is 5.75 Å². The third-order valence-corrected chi connectivity index (χ3v) is 11.0. The Morgan fingerprint density at radius 2 is 1.50 bits per heavy atom. The van der Waals surface area contributed by atoms with E-state index in [2.05, 4.69) is 147 Å². The van der Waals surface area contributed by atoms with Gasteiger partial charge in [0.05, 0.1) is 28.6 Å². The van der Waals surface area contributed by atoms with Crippen molar-refractivity contribution in [2.24, 2.45) is 4.99 Å². The monoisotopic (exact) mass is 853 g/mol. The first-order valence-corrected chi connectivity index (χ1v) is 19.3. The molecular weight excluding hydrogens is 800 g/mol. The number of H-pyrrole nitrogens is 1. The highest BCUT2D eigenvalue weighted by Gasteiger charge is 2.41. The number of benzene rings is 1. The van der Waals surface area contributed by atoms with Crippen LogP contribution in [0.1, 0.15) is 156 Å². The summed E-state index contributed by atoms with van der Waals surface area (Å²) in [4.78, 5) is 9.16. The molecule has 0 bridgehead atoms. The molecule has 1 atom stereocenters. The van der Waals surface area contributed by atoms with Crippen LogP contribution < -0.4 is 4.74 Å². The highest BCUT2D eigenvalue weighted by atomic mass is 127. The third kappa shape index (κ3) is 7.96. The molecular formula is C40H55BrClFIN3O. The molecule has 1 aliphatic rings. The summed E-state index contributed by atoms with van der Waals surface area (Å²) < 4.78 is 23.3. The van der Waals surface area contributed by atoms with Gasteiger partial charge >= 0.3 is 0 Å². The molecule has 1 N–H and O–H groups in total. The maximum Gasteiger partial charge on any atom is 0.143 e. The summed E-state index contributed by atoms with van der Waals surface area (Å²) >= 11 is 13.1. The Balaban J connectivity index is 2.96. The summed E-state index contributed by atoms with van der Waals surface area (Å²) in [5.41, 5.74) is 8.92. The SMILES string of the molecule is CCCOc1c(Cl)c(I)c(CC(C)F)c(C(=C2N=C(Br)C(C#N)=C2CC)c2[nH]c(C(C)(C)C)c(C(C)(C)C)c2C(C)(C)C)c1C(C)(C)C. The maximum atomic E-state index is 15.4. The third-order valence-electron chi connectivity index (χ3n) is 8.58. The molecule has 1 aromatic heterocycles. The van der Waals surface area contributed by atoms with E-state index < -0.39 is 11.6 Å². The van der Waals surface area contributed by atoms with Crippen LogP contribution in [0.2, 0.25) is 5.02 Å². The predicted molar refractivity (Wildman–Crippen MR) is 215 cm³/mol. The molecule has 8 heteroatoms. The molecule has 264 valence electrons. The van der Waals surface area contributed by atoms with E-state index in [1.807, 2.05) is 0 Å².